The zero-order valence-corrected chi connectivity index (χ0v) is 10.6. The van der Waals surface area contributed by atoms with E-state index in [2.05, 4.69) is 10.3 Å². The van der Waals surface area contributed by atoms with Gasteiger partial charge in [0.15, 0.2) is 0 Å². The second-order valence-electron chi connectivity index (χ2n) is 4.42. The lowest BCUT2D eigenvalue weighted by Gasteiger charge is -2.20. The molecule has 94 valence electrons. The summed E-state index contributed by atoms with van der Waals surface area (Å²) in [6.45, 7) is 4.01. The van der Waals surface area contributed by atoms with Gasteiger partial charge in [-0.1, -0.05) is 24.3 Å². The molecule has 0 spiro atoms. The number of nitrogens with one attached hydrogen (secondary N) is 1. The van der Waals surface area contributed by atoms with E-state index in [9.17, 15) is 4.39 Å². The van der Waals surface area contributed by atoms with Crippen molar-refractivity contribution >= 4 is 0 Å². The Morgan fingerprint density at radius 3 is 2.50 bits per heavy atom. The van der Waals surface area contributed by atoms with E-state index in [1.807, 2.05) is 44.3 Å². The van der Waals surface area contributed by atoms with E-state index in [0.717, 1.165) is 5.56 Å². The summed E-state index contributed by atoms with van der Waals surface area (Å²) in [5.41, 5.74) is 1.79. The van der Waals surface area contributed by atoms with Crippen LogP contribution < -0.4 is 5.32 Å². The Balaban J connectivity index is 2.08. The smallest absolute Gasteiger partial charge is 0.127 e. The normalized spacial score (nSPS) is 14.2. The summed E-state index contributed by atoms with van der Waals surface area (Å²) in [5.74, 6) is -0.170. The molecule has 2 nitrogen and oxygen atoms in total. The number of rotatable bonds is 4. The molecule has 0 saturated heterocycles. The molecule has 0 aliphatic rings. The molecular formula is C15H17FN2. The van der Waals surface area contributed by atoms with Crippen LogP contribution in [0, 0.1) is 5.82 Å². The van der Waals surface area contributed by atoms with E-state index in [0.29, 0.717) is 5.56 Å². The summed E-state index contributed by atoms with van der Waals surface area (Å²) in [6.07, 6.45) is 3.57. The van der Waals surface area contributed by atoms with Gasteiger partial charge in [-0.3, -0.25) is 4.98 Å². The third-order valence-corrected chi connectivity index (χ3v) is 3.06. The molecule has 0 aliphatic heterocycles. The third kappa shape index (κ3) is 2.93. The van der Waals surface area contributed by atoms with Crippen LogP contribution in [0.1, 0.15) is 37.1 Å². The molecule has 2 aromatic rings. The molecule has 0 radical (unpaired) electrons. The van der Waals surface area contributed by atoms with Crippen LogP contribution in [0.4, 0.5) is 4.39 Å². The summed E-state index contributed by atoms with van der Waals surface area (Å²) in [5, 5.41) is 3.37. The van der Waals surface area contributed by atoms with Crippen molar-refractivity contribution in [2.75, 3.05) is 0 Å². The molecular weight excluding hydrogens is 227 g/mol. The van der Waals surface area contributed by atoms with Gasteiger partial charge in [0.2, 0.25) is 0 Å². The fraction of sp³-hybridized carbons (Fsp3) is 0.267. The van der Waals surface area contributed by atoms with Crippen molar-refractivity contribution in [3.63, 3.8) is 0 Å². The number of pyridine rings is 1. The molecule has 3 heteroatoms. The first-order valence-corrected chi connectivity index (χ1v) is 6.09. The second kappa shape index (κ2) is 5.74. The number of aromatic nitrogens is 1. The van der Waals surface area contributed by atoms with Crippen LogP contribution in [0.25, 0.3) is 0 Å². The number of halogens is 1. The summed E-state index contributed by atoms with van der Waals surface area (Å²) >= 11 is 0. The van der Waals surface area contributed by atoms with Crippen molar-refractivity contribution in [3.8, 4) is 0 Å². The van der Waals surface area contributed by atoms with Crippen LogP contribution in [-0.4, -0.2) is 4.98 Å². The molecule has 18 heavy (non-hydrogen) atoms. The largest absolute Gasteiger partial charge is 0.303 e. The Bertz CT molecular complexity index is 499. The Morgan fingerprint density at radius 2 is 1.83 bits per heavy atom. The minimum atomic E-state index is -0.170. The standard InChI is InChI=1S/C15H17FN2/c1-11(13-6-5-9-17-10-13)18-12(2)14-7-3-4-8-15(14)16/h3-12,18H,1-2H3. The summed E-state index contributed by atoms with van der Waals surface area (Å²) in [4.78, 5) is 4.09. The lowest BCUT2D eigenvalue weighted by atomic mass is 10.0. The molecule has 0 bridgehead atoms. The Hall–Kier alpha value is -1.74. The molecule has 0 amide bonds. The molecule has 1 heterocycles. The lowest BCUT2D eigenvalue weighted by molar-refractivity contribution is 0.473. The van der Waals surface area contributed by atoms with E-state index in [1.165, 1.54) is 6.07 Å². The van der Waals surface area contributed by atoms with Gasteiger partial charge in [0, 0.05) is 30.0 Å². The quantitative estimate of drug-likeness (QED) is 0.888. The monoisotopic (exact) mass is 244 g/mol. The van der Waals surface area contributed by atoms with Crippen LogP contribution in [-0.2, 0) is 0 Å². The van der Waals surface area contributed by atoms with Crippen molar-refractivity contribution in [1.29, 1.82) is 0 Å². The minimum absolute atomic E-state index is 0.0404. The maximum absolute atomic E-state index is 13.6. The Morgan fingerprint density at radius 1 is 1.06 bits per heavy atom. The molecule has 0 saturated carbocycles. The Kier molecular flexibility index (Phi) is 4.05. The van der Waals surface area contributed by atoms with Crippen molar-refractivity contribution in [2.45, 2.75) is 25.9 Å². The predicted molar refractivity (Wildman–Crippen MR) is 70.6 cm³/mol. The van der Waals surface area contributed by atoms with Gasteiger partial charge in [0.05, 0.1) is 0 Å². The molecule has 1 N–H and O–H groups in total. The lowest BCUT2D eigenvalue weighted by Crippen LogP contribution is -2.23. The highest BCUT2D eigenvalue weighted by Crippen LogP contribution is 2.20. The number of benzene rings is 1. The first kappa shape index (κ1) is 12.7. The van der Waals surface area contributed by atoms with Gasteiger partial charge >= 0.3 is 0 Å². The van der Waals surface area contributed by atoms with Crippen molar-refractivity contribution in [3.05, 3.63) is 65.7 Å². The van der Waals surface area contributed by atoms with Crippen LogP contribution >= 0.6 is 0 Å². The highest BCUT2D eigenvalue weighted by Gasteiger charge is 2.13. The van der Waals surface area contributed by atoms with Gasteiger partial charge < -0.3 is 5.32 Å². The first-order valence-electron chi connectivity index (χ1n) is 6.09. The highest BCUT2D eigenvalue weighted by molar-refractivity contribution is 5.21. The predicted octanol–water partition coefficient (Wildman–Crippen LogP) is 3.63. The molecule has 0 aliphatic carbocycles. The van der Waals surface area contributed by atoms with E-state index in [4.69, 9.17) is 0 Å². The van der Waals surface area contributed by atoms with Crippen molar-refractivity contribution in [2.24, 2.45) is 0 Å². The van der Waals surface area contributed by atoms with Crippen LogP contribution in [0.5, 0.6) is 0 Å². The van der Waals surface area contributed by atoms with E-state index in [1.54, 1.807) is 12.3 Å². The number of hydrogen-bond donors (Lipinski definition) is 1. The fourth-order valence-corrected chi connectivity index (χ4v) is 2.02. The molecule has 2 rings (SSSR count). The highest BCUT2D eigenvalue weighted by atomic mass is 19.1. The molecule has 2 atom stereocenters. The van der Waals surface area contributed by atoms with Gasteiger partial charge in [-0.2, -0.15) is 0 Å². The minimum Gasteiger partial charge on any atom is -0.303 e. The van der Waals surface area contributed by atoms with Gasteiger partial charge in [-0.25, -0.2) is 4.39 Å². The topological polar surface area (TPSA) is 24.9 Å². The van der Waals surface area contributed by atoms with Gasteiger partial charge in [-0.15, -0.1) is 0 Å². The van der Waals surface area contributed by atoms with Crippen LogP contribution in [0.15, 0.2) is 48.8 Å². The van der Waals surface area contributed by atoms with Crippen molar-refractivity contribution in [1.82, 2.24) is 10.3 Å². The summed E-state index contributed by atoms with van der Waals surface area (Å²) in [6, 6.07) is 10.9. The molecule has 1 aromatic carbocycles. The summed E-state index contributed by atoms with van der Waals surface area (Å²) < 4.78 is 13.6. The fourth-order valence-electron chi connectivity index (χ4n) is 2.02. The van der Waals surface area contributed by atoms with Crippen molar-refractivity contribution < 1.29 is 4.39 Å². The van der Waals surface area contributed by atoms with E-state index >= 15 is 0 Å². The van der Waals surface area contributed by atoms with E-state index in [-0.39, 0.29) is 17.9 Å². The van der Waals surface area contributed by atoms with Gasteiger partial charge in [0.25, 0.3) is 0 Å². The van der Waals surface area contributed by atoms with E-state index < -0.39 is 0 Å². The van der Waals surface area contributed by atoms with Crippen LogP contribution in [0.3, 0.4) is 0 Å². The molecule has 0 fully saturated rings. The molecule has 1 aromatic heterocycles. The third-order valence-electron chi connectivity index (χ3n) is 3.06. The molecule has 2 unspecified atom stereocenters. The first-order chi connectivity index (χ1) is 8.68. The second-order valence-corrected chi connectivity index (χ2v) is 4.42. The zero-order chi connectivity index (χ0) is 13.0. The maximum atomic E-state index is 13.6. The van der Waals surface area contributed by atoms with Gasteiger partial charge in [0.1, 0.15) is 5.82 Å². The maximum Gasteiger partial charge on any atom is 0.127 e. The SMILES string of the molecule is CC(NC(C)c1ccccc1F)c1cccnc1. The Labute approximate surface area is 107 Å². The van der Waals surface area contributed by atoms with Crippen LogP contribution in [0.2, 0.25) is 0 Å². The summed E-state index contributed by atoms with van der Waals surface area (Å²) in [7, 11) is 0. The average molecular weight is 244 g/mol. The number of nitrogens with zero attached hydrogens (tertiary/aromatic N) is 1. The number of hydrogen-bond acceptors (Lipinski definition) is 2. The average Bonchev–Trinajstić information content (AvgIpc) is 2.40. The van der Waals surface area contributed by atoms with Gasteiger partial charge in [-0.05, 0) is 31.5 Å². The zero-order valence-electron chi connectivity index (χ0n) is 10.6.